The van der Waals surface area contributed by atoms with Crippen molar-refractivity contribution < 1.29 is 22.8 Å². The molecule has 0 aromatic rings. The highest BCUT2D eigenvalue weighted by Crippen LogP contribution is 2.35. The van der Waals surface area contributed by atoms with Gasteiger partial charge in [0.2, 0.25) is 5.91 Å². The Balaban J connectivity index is 3.31. The van der Waals surface area contributed by atoms with Crippen LogP contribution in [0.15, 0.2) is 11.3 Å². The molecule has 90 valence electrons. The standard InChI is InChI=1S/C8H10F3N3O2/c9-8(10,11)5-4(6(12)15)2-1-3-14(5)7(13)16/h1-3H2,(H2,12,15)(H2,13,16). The Kier molecular flexibility index (Phi) is 3.11. The van der Waals surface area contributed by atoms with Crippen molar-refractivity contribution in [3.8, 4) is 0 Å². The van der Waals surface area contributed by atoms with Crippen LogP contribution in [0.2, 0.25) is 0 Å². The van der Waals surface area contributed by atoms with E-state index < -0.39 is 29.4 Å². The maximum Gasteiger partial charge on any atom is 0.432 e. The molecule has 0 aromatic carbocycles. The molecule has 0 atom stereocenters. The second-order valence-electron chi connectivity index (χ2n) is 3.28. The van der Waals surface area contributed by atoms with Crippen LogP contribution < -0.4 is 11.5 Å². The fourth-order valence-electron chi connectivity index (χ4n) is 1.59. The Bertz CT molecular complexity index is 362. The van der Waals surface area contributed by atoms with Gasteiger partial charge in [0.15, 0.2) is 0 Å². The van der Waals surface area contributed by atoms with Gasteiger partial charge in [-0.15, -0.1) is 0 Å². The van der Waals surface area contributed by atoms with Crippen molar-refractivity contribution in [3.05, 3.63) is 11.3 Å². The normalized spacial score (nSPS) is 17.6. The number of rotatable bonds is 1. The molecule has 0 saturated carbocycles. The average molecular weight is 237 g/mol. The summed E-state index contributed by atoms with van der Waals surface area (Å²) < 4.78 is 37.9. The molecule has 1 rings (SSSR count). The number of carbonyl (C=O) groups excluding carboxylic acids is 2. The van der Waals surface area contributed by atoms with E-state index in [1.165, 1.54) is 0 Å². The molecule has 4 N–H and O–H groups in total. The minimum atomic E-state index is -4.82. The third-order valence-corrected chi connectivity index (χ3v) is 2.20. The second kappa shape index (κ2) is 4.03. The zero-order valence-electron chi connectivity index (χ0n) is 8.17. The lowest BCUT2D eigenvalue weighted by Gasteiger charge is -2.30. The van der Waals surface area contributed by atoms with Gasteiger partial charge in [-0.1, -0.05) is 0 Å². The molecule has 0 bridgehead atoms. The Hall–Kier alpha value is -1.73. The first-order valence-corrected chi connectivity index (χ1v) is 4.42. The molecule has 0 radical (unpaired) electrons. The fraction of sp³-hybridized carbons (Fsp3) is 0.500. The molecule has 1 aliphatic rings. The molecule has 0 fully saturated rings. The van der Waals surface area contributed by atoms with Crippen molar-refractivity contribution >= 4 is 11.9 Å². The Labute approximate surface area is 88.9 Å². The summed E-state index contributed by atoms with van der Waals surface area (Å²) in [5.74, 6) is -1.18. The zero-order valence-corrected chi connectivity index (χ0v) is 8.17. The summed E-state index contributed by atoms with van der Waals surface area (Å²) in [6.45, 7) is -0.166. The topological polar surface area (TPSA) is 89.4 Å². The number of nitrogens with zero attached hydrogens (tertiary/aromatic N) is 1. The van der Waals surface area contributed by atoms with Crippen molar-refractivity contribution in [1.82, 2.24) is 4.90 Å². The van der Waals surface area contributed by atoms with Gasteiger partial charge >= 0.3 is 12.2 Å². The van der Waals surface area contributed by atoms with E-state index in [9.17, 15) is 22.8 Å². The minimum Gasteiger partial charge on any atom is -0.366 e. The van der Waals surface area contributed by atoms with Crippen LogP contribution >= 0.6 is 0 Å². The van der Waals surface area contributed by atoms with Gasteiger partial charge in [0, 0.05) is 12.1 Å². The maximum atomic E-state index is 12.6. The number of allylic oxidation sites excluding steroid dienone is 1. The Morgan fingerprint density at radius 1 is 1.25 bits per heavy atom. The van der Waals surface area contributed by atoms with E-state index in [4.69, 9.17) is 11.5 Å². The molecule has 5 nitrogen and oxygen atoms in total. The molecule has 0 saturated heterocycles. The van der Waals surface area contributed by atoms with E-state index in [0.717, 1.165) is 0 Å². The lowest BCUT2D eigenvalue weighted by atomic mass is 10.0. The summed E-state index contributed by atoms with van der Waals surface area (Å²) in [6, 6.07) is -1.24. The van der Waals surface area contributed by atoms with Gasteiger partial charge < -0.3 is 11.5 Å². The van der Waals surface area contributed by atoms with E-state index in [-0.39, 0.29) is 19.4 Å². The van der Waals surface area contributed by atoms with Crippen molar-refractivity contribution in [2.45, 2.75) is 19.0 Å². The van der Waals surface area contributed by atoms with Crippen molar-refractivity contribution in [2.24, 2.45) is 11.5 Å². The van der Waals surface area contributed by atoms with Gasteiger partial charge in [-0.3, -0.25) is 9.69 Å². The Morgan fingerprint density at radius 2 is 1.81 bits per heavy atom. The number of urea groups is 1. The van der Waals surface area contributed by atoms with Gasteiger partial charge in [-0.2, -0.15) is 13.2 Å². The molecule has 8 heteroatoms. The minimum absolute atomic E-state index is 0.103. The van der Waals surface area contributed by atoms with Crippen LogP contribution in [0, 0.1) is 0 Å². The number of primary amides is 2. The average Bonchev–Trinajstić information content (AvgIpc) is 2.15. The van der Waals surface area contributed by atoms with Gasteiger partial charge in [0.05, 0.1) is 0 Å². The van der Waals surface area contributed by atoms with Crippen LogP contribution in [0.4, 0.5) is 18.0 Å². The monoisotopic (exact) mass is 237 g/mol. The lowest BCUT2D eigenvalue weighted by molar-refractivity contribution is -0.121. The SMILES string of the molecule is NC(=O)C1=C(C(F)(F)F)N(C(N)=O)CCC1. The molecule has 0 aliphatic carbocycles. The van der Waals surface area contributed by atoms with Gasteiger partial charge in [-0.05, 0) is 12.8 Å². The van der Waals surface area contributed by atoms with Crippen molar-refractivity contribution in [3.63, 3.8) is 0 Å². The smallest absolute Gasteiger partial charge is 0.366 e. The molecule has 1 heterocycles. The first-order valence-electron chi connectivity index (χ1n) is 4.42. The van der Waals surface area contributed by atoms with Crippen LogP contribution in [-0.4, -0.2) is 29.6 Å². The summed E-state index contributed by atoms with van der Waals surface area (Å²) in [5, 5.41) is 0. The summed E-state index contributed by atoms with van der Waals surface area (Å²) in [4.78, 5) is 22.0. The van der Waals surface area contributed by atoms with E-state index in [1.807, 2.05) is 0 Å². The molecular weight excluding hydrogens is 227 g/mol. The van der Waals surface area contributed by atoms with Crippen molar-refractivity contribution in [2.75, 3.05) is 6.54 Å². The summed E-state index contributed by atoms with van der Waals surface area (Å²) >= 11 is 0. The van der Waals surface area contributed by atoms with Crippen LogP contribution in [-0.2, 0) is 4.79 Å². The molecule has 16 heavy (non-hydrogen) atoms. The summed E-state index contributed by atoms with van der Waals surface area (Å²) in [6.07, 6.45) is -4.70. The van der Waals surface area contributed by atoms with Gasteiger partial charge in [-0.25, -0.2) is 4.79 Å². The third-order valence-electron chi connectivity index (χ3n) is 2.20. The highest BCUT2D eigenvalue weighted by molar-refractivity contribution is 5.94. The van der Waals surface area contributed by atoms with Crippen LogP contribution in [0.25, 0.3) is 0 Å². The quantitative estimate of drug-likeness (QED) is 0.693. The first-order chi connectivity index (χ1) is 7.25. The predicted octanol–water partition coefficient (Wildman–Crippen LogP) is 0.463. The van der Waals surface area contributed by atoms with E-state index >= 15 is 0 Å². The van der Waals surface area contributed by atoms with E-state index in [2.05, 4.69) is 0 Å². The number of alkyl halides is 3. The van der Waals surface area contributed by atoms with Gasteiger partial charge in [0.1, 0.15) is 5.70 Å². The predicted molar refractivity (Wildman–Crippen MR) is 47.8 cm³/mol. The van der Waals surface area contributed by atoms with Crippen LogP contribution in [0.3, 0.4) is 0 Å². The number of amides is 3. The summed E-state index contributed by atoms with van der Waals surface area (Å²) in [7, 11) is 0. The van der Waals surface area contributed by atoms with E-state index in [0.29, 0.717) is 4.90 Å². The number of carbonyl (C=O) groups is 2. The molecule has 3 amide bonds. The fourth-order valence-corrected chi connectivity index (χ4v) is 1.59. The first kappa shape index (κ1) is 12.3. The molecule has 0 aromatic heterocycles. The molecular formula is C8H10F3N3O2. The molecule has 0 unspecified atom stereocenters. The number of halogens is 3. The lowest BCUT2D eigenvalue weighted by Crippen LogP contribution is -2.45. The molecule has 0 spiro atoms. The van der Waals surface area contributed by atoms with Crippen molar-refractivity contribution in [1.29, 1.82) is 0 Å². The maximum absolute atomic E-state index is 12.6. The van der Waals surface area contributed by atoms with Crippen LogP contribution in [0.5, 0.6) is 0 Å². The number of nitrogens with two attached hydrogens (primary N) is 2. The highest BCUT2D eigenvalue weighted by atomic mass is 19.4. The number of hydrogen-bond acceptors (Lipinski definition) is 2. The van der Waals surface area contributed by atoms with E-state index in [1.54, 1.807) is 0 Å². The summed E-state index contributed by atoms with van der Waals surface area (Å²) in [5.41, 5.74) is 7.72. The number of hydrogen-bond donors (Lipinski definition) is 2. The zero-order chi connectivity index (χ0) is 12.5. The Morgan fingerprint density at radius 3 is 2.19 bits per heavy atom. The molecule has 1 aliphatic heterocycles. The highest BCUT2D eigenvalue weighted by Gasteiger charge is 2.44. The third kappa shape index (κ3) is 2.26. The van der Waals surface area contributed by atoms with Crippen LogP contribution in [0.1, 0.15) is 12.8 Å². The van der Waals surface area contributed by atoms with Gasteiger partial charge in [0.25, 0.3) is 0 Å². The second-order valence-corrected chi connectivity index (χ2v) is 3.28. The largest absolute Gasteiger partial charge is 0.432 e.